The van der Waals surface area contributed by atoms with Crippen LogP contribution in [0.1, 0.15) is 23.2 Å². The minimum atomic E-state index is -0.522. The van der Waals surface area contributed by atoms with E-state index in [9.17, 15) is 9.18 Å². The number of hydrogen-bond donors (Lipinski definition) is 1. The van der Waals surface area contributed by atoms with Gasteiger partial charge in [-0.05, 0) is 24.6 Å². The van der Waals surface area contributed by atoms with Gasteiger partial charge in [0, 0.05) is 50.6 Å². The molecule has 1 aromatic heterocycles. The molecular weight excluding hydrogens is 285 g/mol. The summed E-state index contributed by atoms with van der Waals surface area (Å²) in [5, 5.41) is 3.27. The van der Waals surface area contributed by atoms with Gasteiger partial charge >= 0.3 is 0 Å². The highest BCUT2D eigenvalue weighted by atomic mass is 19.1. The van der Waals surface area contributed by atoms with Crippen LogP contribution >= 0.6 is 0 Å². The highest BCUT2D eigenvalue weighted by Crippen LogP contribution is 2.31. The van der Waals surface area contributed by atoms with Gasteiger partial charge in [-0.1, -0.05) is 0 Å². The zero-order valence-corrected chi connectivity index (χ0v) is 12.9. The van der Waals surface area contributed by atoms with Crippen LogP contribution in [0.3, 0.4) is 0 Å². The molecular formula is C16H22FN3O2. The first kappa shape index (κ1) is 15.4. The van der Waals surface area contributed by atoms with E-state index < -0.39 is 12.1 Å². The highest BCUT2D eigenvalue weighted by molar-refractivity contribution is 5.84. The predicted molar refractivity (Wildman–Crippen MR) is 80.0 cm³/mol. The van der Waals surface area contributed by atoms with E-state index in [0.717, 1.165) is 30.6 Å². The number of methoxy groups -OCH3 is 1. The standard InChI is InChI=1S/C16H22FN3O2/c1-22-11-16(3-4-18-10-16)15(21)20-5-2-14-13(9-20)6-12(7-17)8-19-14/h6,8,18H,2-5,7,9-11H2,1H3. The molecule has 1 saturated heterocycles. The first-order valence-corrected chi connectivity index (χ1v) is 7.70. The first-order valence-electron chi connectivity index (χ1n) is 7.70. The second-order valence-corrected chi connectivity index (χ2v) is 6.20. The predicted octanol–water partition coefficient (Wildman–Crippen LogP) is 1.06. The summed E-state index contributed by atoms with van der Waals surface area (Å²) in [6.07, 6.45) is 3.11. The van der Waals surface area contributed by atoms with Crippen LogP contribution in [0, 0.1) is 5.41 Å². The second-order valence-electron chi connectivity index (χ2n) is 6.20. The van der Waals surface area contributed by atoms with E-state index >= 15 is 0 Å². The van der Waals surface area contributed by atoms with Crippen molar-refractivity contribution >= 4 is 5.91 Å². The van der Waals surface area contributed by atoms with E-state index in [1.165, 1.54) is 0 Å². The van der Waals surface area contributed by atoms with Crippen molar-refractivity contribution < 1.29 is 13.9 Å². The number of carbonyl (C=O) groups excluding carboxylic acids is 1. The lowest BCUT2D eigenvalue weighted by atomic mass is 9.85. The summed E-state index contributed by atoms with van der Waals surface area (Å²) in [5.41, 5.74) is 2.05. The molecule has 1 atom stereocenters. The molecule has 120 valence electrons. The van der Waals surface area contributed by atoms with Crippen LogP contribution in [-0.4, -0.2) is 49.1 Å². The van der Waals surface area contributed by atoms with Gasteiger partial charge in [0.1, 0.15) is 6.67 Å². The molecule has 2 aliphatic rings. The Kier molecular flexibility index (Phi) is 4.40. The maximum Gasteiger partial charge on any atom is 0.232 e. The molecule has 0 aliphatic carbocycles. The van der Waals surface area contributed by atoms with Gasteiger partial charge in [-0.25, -0.2) is 4.39 Å². The summed E-state index contributed by atoms with van der Waals surface area (Å²) < 4.78 is 18.1. The smallest absolute Gasteiger partial charge is 0.232 e. The largest absolute Gasteiger partial charge is 0.384 e. The van der Waals surface area contributed by atoms with Crippen LogP contribution in [0.15, 0.2) is 12.3 Å². The van der Waals surface area contributed by atoms with Crippen LogP contribution < -0.4 is 5.32 Å². The zero-order valence-electron chi connectivity index (χ0n) is 12.9. The van der Waals surface area contributed by atoms with Crippen molar-refractivity contribution in [2.75, 3.05) is 33.4 Å². The van der Waals surface area contributed by atoms with Gasteiger partial charge in [-0.2, -0.15) is 0 Å². The number of nitrogens with one attached hydrogen (secondary N) is 1. The van der Waals surface area contributed by atoms with E-state index in [2.05, 4.69) is 10.3 Å². The Balaban J connectivity index is 1.79. The molecule has 1 fully saturated rings. The number of aromatic nitrogens is 1. The Labute approximate surface area is 129 Å². The Hall–Kier alpha value is -1.53. The molecule has 2 aliphatic heterocycles. The lowest BCUT2D eigenvalue weighted by Crippen LogP contribution is -2.49. The molecule has 1 aromatic rings. The fraction of sp³-hybridized carbons (Fsp3) is 0.625. The molecule has 3 rings (SSSR count). The number of fused-ring (bicyclic) bond motifs is 1. The Morgan fingerprint density at radius 3 is 3.14 bits per heavy atom. The van der Waals surface area contributed by atoms with Crippen molar-refractivity contribution in [1.82, 2.24) is 15.2 Å². The van der Waals surface area contributed by atoms with Crippen LogP contribution in [0.4, 0.5) is 4.39 Å². The molecule has 0 saturated carbocycles. The number of ether oxygens (including phenoxy) is 1. The summed E-state index contributed by atoms with van der Waals surface area (Å²) in [7, 11) is 1.64. The van der Waals surface area contributed by atoms with Crippen molar-refractivity contribution in [3.8, 4) is 0 Å². The van der Waals surface area contributed by atoms with E-state index in [0.29, 0.717) is 31.8 Å². The minimum absolute atomic E-state index is 0.135. The van der Waals surface area contributed by atoms with Gasteiger partial charge in [0.2, 0.25) is 5.91 Å². The monoisotopic (exact) mass is 307 g/mol. The number of halogens is 1. The van der Waals surface area contributed by atoms with E-state index in [4.69, 9.17) is 4.74 Å². The summed E-state index contributed by atoms with van der Waals surface area (Å²) in [6, 6.07) is 1.83. The topological polar surface area (TPSA) is 54.5 Å². The number of carbonyl (C=O) groups is 1. The highest BCUT2D eigenvalue weighted by Gasteiger charge is 2.44. The molecule has 6 heteroatoms. The maximum atomic E-state index is 13.0. The number of alkyl halides is 1. The van der Waals surface area contributed by atoms with E-state index in [1.807, 2.05) is 11.0 Å². The number of rotatable bonds is 4. The number of amides is 1. The van der Waals surface area contributed by atoms with Crippen molar-refractivity contribution in [2.45, 2.75) is 26.1 Å². The quantitative estimate of drug-likeness (QED) is 0.904. The van der Waals surface area contributed by atoms with Gasteiger partial charge in [-0.3, -0.25) is 9.78 Å². The van der Waals surface area contributed by atoms with Gasteiger partial charge in [-0.15, -0.1) is 0 Å². The first-order chi connectivity index (χ1) is 10.7. The third kappa shape index (κ3) is 2.73. The van der Waals surface area contributed by atoms with Crippen LogP contribution in [0.5, 0.6) is 0 Å². The number of hydrogen-bond acceptors (Lipinski definition) is 4. The number of nitrogens with zero attached hydrogens (tertiary/aromatic N) is 2. The van der Waals surface area contributed by atoms with Crippen molar-refractivity contribution in [3.63, 3.8) is 0 Å². The maximum absolute atomic E-state index is 13.0. The molecule has 0 bridgehead atoms. The van der Waals surface area contributed by atoms with Gasteiger partial charge in [0.05, 0.1) is 12.0 Å². The van der Waals surface area contributed by atoms with Crippen LogP contribution in [0.2, 0.25) is 0 Å². The van der Waals surface area contributed by atoms with Gasteiger partial charge < -0.3 is 15.0 Å². The molecule has 0 aromatic carbocycles. The summed E-state index contributed by atoms with van der Waals surface area (Å²) in [4.78, 5) is 19.2. The zero-order chi connectivity index (χ0) is 15.6. The average Bonchev–Trinajstić information content (AvgIpc) is 3.03. The SMILES string of the molecule is COCC1(C(=O)N2CCc3ncc(CF)cc3C2)CCNC1. The van der Waals surface area contributed by atoms with Crippen molar-refractivity contribution in [3.05, 3.63) is 29.1 Å². The minimum Gasteiger partial charge on any atom is -0.384 e. The van der Waals surface area contributed by atoms with Gasteiger partial charge in [0.25, 0.3) is 0 Å². The van der Waals surface area contributed by atoms with Crippen LogP contribution in [-0.2, 0) is 29.2 Å². The third-order valence-electron chi connectivity index (χ3n) is 4.66. The fourth-order valence-electron chi connectivity index (χ4n) is 3.44. The van der Waals surface area contributed by atoms with Gasteiger partial charge in [0.15, 0.2) is 0 Å². The molecule has 22 heavy (non-hydrogen) atoms. The molecule has 5 nitrogen and oxygen atoms in total. The third-order valence-corrected chi connectivity index (χ3v) is 4.66. The summed E-state index contributed by atoms with van der Waals surface area (Å²) in [6.45, 7) is 2.59. The van der Waals surface area contributed by atoms with Crippen molar-refractivity contribution in [1.29, 1.82) is 0 Å². The molecule has 0 spiro atoms. The molecule has 1 N–H and O–H groups in total. The van der Waals surface area contributed by atoms with Crippen molar-refractivity contribution in [2.24, 2.45) is 5.41 Å². The normalized spacial score (nSPS) is 24.4. The summed E-state index contributed by atoms with van der Waals surface area (Å²) >= 11 is 0. The molecule has 1 unspecified atom stereocenters. The Morgan fingerprint density at radius 2 is 2.45 bits per heavy atom. The second kappa shape index (κ2) is 6.30. The lowest BCUT2D eigenvalue weighted by Gasteiger charge is -2.36. The summed E-state index contributed by atoms with van der Waals surface area (Å²) in [5.74, 6) is 0.135. The lowest BCUT2D eigenvalue weighted by molar-refractivity contribution is -0.145. The Morgan fingerprint density at radius 1 is 1.59 bits per heavy atom. The fourth-order valence-corrected chi connectivity index (χ4v) is 3.44. The molecule has 1 amide bonds. The Bertz CT molecular complexity index is 558. The average molecular weight is 307 g/mol. The molecule has 3 heterocycles. The molecule has 0 radical (unpaired) electrons. The van der Waals surface area contributed by atoms with Crippen LogP contribution in [0.25, 0.3) is 0 Å². The van der Waals surface area contributed by atoms with E-state index in [1.54, 1.807) is 13.3 Å². The van der Waals surface area contributed by atoms with E-state index in [-0.39, 0.29) is 5.91 Å². The number of pyridine rings is 1.